The maximum Gasteiger partial charge on any atom is 0.256 e. The Morgan fingerprint density at radius 3 is 2.32 bits per heavy atom. The van der Waals surface area contributed by atoms with E-state index in [1.165, 1.54) is 36.2 Å². The number of rotatable bonds is 3. The number of fused-ring (bicyclic) bond motifs is 1. The Morgan fingerprint density at radius 2 is 1.64 bits per heavy atom. The van der Waals surface area contributed by atoms with E-state index in [0.717, 1.165) is 0 Å². The van der Waals surface area contributed by atoms with Gasteiger partial charge in [0.15, 0.2) is 0 Å². The summed E-state index contributed by atoms with van der Waals surface area (Å²) in [7, 11) is 1.40. The summed E-state index contributed by atoms with van der Waals surface area (Å²) in [5, 5.41) is 4.16. The van der Waals surface area contributed by atoms with Crippen LogP contribution in [0.4, 0.5) is 8.78 Å². The van der Waals surface area contributed by atoms with Gasteiger partial charge in [0.1, 0.15) is 18.0 Å². The molecule has 0 saturated carbocycles. The lowest BCUT2D eigenvalue weighted by molar-refractivity contribution is 0.399. The van der Waals surface area contributed by atoms with Crippen molar-refractivity contribution in [2.45, 2.75) is 0 Å². The molecule has 7 heteroatoms. The highest BCUT2D eigenvalue weighted by Gasteiger charge is 2.25. The number of methoxy groups -OCH3 is 1. The first kappa shape index (κ1) is 15.2. The molecule has 5 nitrogen and oxygen atoms in total. The second-order valence-electron chi connectivity index (χ2n) is 5.28. The van der Waals surface area contributed by atoms with Crippen LogP contribution in [0.25, 0.3) is 28.2 Å². The van der Waals surface area contributed by atoms with Gasteiger partial charge in [-0.1, -0.05) is 36.4 Å². The van der Waals surface area contributed by atoms with Gasteiger partial charge in [-0.2, -0.15) is 19.6 Å². The van der Waals surface area contributed by atoms with Crippen molar-refractivity contribution in [1.29, 1.82) is 0 Å². The fraction of sp³-hybridized carbons (Fsp3) is 0.0556. The molecule has 0 radical (unpaired) electrons. The summed E-state index contributed by atoms with van der Waals surface area (Å²) < 4.78 is 35.8. The van der Waals surface area contributed by atoms with E-state index < -0.39 is 11.6 Å². The van der Waals surface area contributed by atoms with Gasteiger partial charge in [0.2, 0.25) is 5.88 Å². The number of aromatic nitrogens is 4. The Bertz CT molecular complexity index is 1040. The largest absolute Gasteiger partial charge is 0.480 e. The summed E-state index contributed by atoms with van der Waals surface area (Å²) >= 11 is 0. The number of hydrogen-bond acceptors (Lipinski definition) is 4. The van der Waals surface area contributed by atoms with Gasteiger partial charge in [0.05, 0.1) is 23.9 Å². The molecule has 0 bridgehead atoms. The maximum absolute atomic E-state index is 14.5. The molecule has 0 saturated heterocycles. The lowest BCUT2D eigenvalue weighted by atomic mass is 9.99. The Morgan fingerprint density at radius 1 is 0.920 bits per heavy atom. The standard InChI is InChI=1S/C18H12F2N4O/c1-25-17-15(14-12(19)8-5-9-13(14)20)16(11-6-3-2-4-7-11)24-18(23-17)21-10-22-24/h2-10H,1H3. The van der Waals surface area contributed by atoms with E-state index in [4.69, 9.17) is 4.74 Å². The van der Waals surface area contributed by atoms with Crippen molar-refractivity contribution in [3.8, 4) is 28.3 Å². The lowest BCUT2D eigenvalue weighted by Gasteiger charge is -2.16. The van der Waals surface area contributed by atoms with E-state index in [0.29, 0.717) is 11.3 Å². The molecule has 0 N–H and O–H groups in total. The zero-order chi connectivity index (χ0) is 17.4. The van der Waals surface area contributed by atoms with Gasteiger partial charge in [-0.3, -0.25) is 0 Å². The fourth-order valence-corrected chi connectivity index (χ4v) is 2.80. The third-order valence-corrected chi connectivity index (χ3v) is 3.85. The van der Waals surface area contributed by atoms with Crippen molar-refractivity contribution in [1.82, 2.24) is 19.6 Å². The molecule has 0 fully saturated rings. The molecule has 0 spiro atoms. The molecule has 2 heterocycles. The highest BCUT2D eigenvalue weighted by molar-refractivity contribution is 5.86. The Balaban J connectivity index is 2.20. The summed E-state index contributed by atoms with van der Waals surface area (Å²) in [5.41, 5.74) is 1.12. The van der Waals surface area contributed by atoms with Gasteiger partial charge in [0, 0.05) is 5.56 Å². The van der Waals surface area contributed by atoms with Crippen LogP contribution in [0.1, 0.15) is 0 Å². The first-order valence-electron chi connectivity index (χ1n) is 7.48. The molecule has 2 aromatic carbocycles. The van der Waals surface area contributed by atoms with Gasteiger partial charge < -0.3 is 4.74 Å². The minimum atomic E-state index is -0.711. The fourth-order valence-electron chi connectivity index (χ4n) is 2.80. The molecule has 0 aliphatic rings. The van der Waals surface area contributed by atoms with Crippen LogP contribution in [0.2, 0.25) is 0 Å². The molecule has 0 aliphatic carbocycles. The first-order valence-corrected chi connectivity index (χ1v) is 7.48. The second-order valence-corrected chi connectivity index (χ2v) is 5.28. The first-order chi connectivity index (χ1) is 12.2. The predicted octanol–water partition coefficient (Wildman–Crippen LogP) is 3.75. The second kappa shape index (κ2) is 5.94. The number of hydrogen-bond donors (Lipinski definition) is 0. The topological polar surface area (TPSA) is 52.3 Å². The number of ether oxygens (including phenoxy) is 1. The van der Waals surface area contributed by atoms with Crippen molar-refractivity contribution in [3.63, 3.8) is 0 Å². The number of benzene rings is 2. The van der Waals surface area contributed by atoms with Crippen molar-refractivity contribution in [3.05, 3.63) is 66.5 Å². The quantitative estimate of drug-likeness (QED) is 0.571. The molecule has 0 atom stereocenters. The Kier molecular flexibility index (Phi) is 3.61. The smallest absolute Gasteiger partial charge is 0.256 e. The molecule has 4 aromatic rings. The van der Waals surface area contributed by atoms with Crippen LogP contribution in [-0.4, -0.2) is 26.7 Å². The lowest BCUT2D eigenvalue weighted by Crippen LogP contribution is -2.05. The molecule has 25 heavy (non-hydrogen) atoms. The van der Waals surface area contributed by atoms with E-state index >= 15 is 0 Å². The van der Waals surface area contributed by atoms with Crippen molar-refractivity contribution in [2.24, 2.45) is 0 Å². The average Bonchev–Trinajstić information content (AvgIpc) is 3.09. The monoisotopic (exact) mass is 338 g/mol. The van der Waals surface area contributed by atoms with E-state index in [9.17, 15) is 8.78 Å². The SMILES string of the molecule is COc1nc2ncnn2c(-c2ccccc2)c1-c1c(F)cccc1F. The summed E-state index contributed by atoms with van der Waals surface area (Å²) in [6.45, 7) is 0. The number of halogens is 2. The van der Waals surface area contributed by atoms with Gasteiger partial charge in [-0.25, -0.2) is 8.78 Å². The van der Waals surface area contributed by atoms with Crippen LogP contribution < -0.4 is 4.74 Å². The van der Waals surface area contributed by atoms with E-state index in [1.807, 2.05) is 30.3 Å². The molecule has 124 valence electrons. The van der Waals surface area contributed by atoms with Gasteiger partial charge in [-0.05, 0) is 12.1 Å². The molecular weight excluding hydrogens is 326 g/mol. The molecular formula is C18H12F2N4O. The van der Waals surface area contributed by atoms with Crippen LogP contribution in [0.5, 0.6) is 5.88 Å². The van der Waals surface area contributed by atoms with E-state index in [-0.39, 0.29) is 22.8 Å². The summed E-state index contributed by atoms with van der Waals surface area (Å²) in [4.78, 5) is 8.30. The summed E-state index contributed by atoms with van der Waals surface area (Å²) in [6, 6.07) is 12.8. The minimum absolute atomic E-state index is 0.0725. The van der Waals surface area contributed by atoms with Crippen LogP contribution in [0, 0.1) is 11.6 Å². The van der Waals surface area contributed by atoms with Gasteiger partial charge >= 0.3 is 0 Å². The molecule has 0 amide bonds. The highest BCUT2D eigenvalue weighted by atomic mass is 19.1. The summed E-state index contributed by atoms with van der Waals surface area (Å²) in [5.74, 6) is -1.08. The molecule has 2 aromatic heterocycles. The van der Waals surface area contributed by atoms with E-state index in [1.54, 1.807) is 0 Å². The van der Waals surface area contributed by atoms with Gasteiger partial charge in [0.25, 0.3) is 5.78 Å². The third kappa shape index (κ3) is 2.40. The average molecular weight is 338 g/mol. The van der Waals surface area contributed by atoms with Crippen molar-refractivity contribution >= 4 is 5.78 Å². The molecule has 0 unspecified atom stereocenters. The zero-order valence-corrected chi connectivity index (χ0v) is 13.1. The minimum Gasteiger partial charge on any atom is -0.480 e. The molecule has 4 rings (SSSR count). The maximum atomic E-state index is 14.5. The van der Waals surface area contributed by atoms with E-state index in [2.05, 4.69) is 15.1 Å². The van der Waals surface area contributed by atoms with Crippen LogP contribution in [0.3, 0.4) is 0 Å². The molecule has 0 aliphatic heterocycles. The van der Waals surface area contributed by atoms with Crippen molar-refractivity contribution in [2.75, 3.05) is 7.11 Å². The predicted molar refractivity (Wildman–Crippen MR) is 88.1 cm³/mol. The van der Waals surface area contributed by atoms with Gasteiger partial charge in [-0.15, -0.1) is 0 Å². The Hall–Kier alpha value is -3.35. The van der Waals surface area contributed by atoms with Crippen LogP contribution in [-0.2, 0) is 0 Å². The highest BCUT2D eigenvalue weighted by Crippen LogP contribution is 2.40. The third-order valence-electron chi connectivity index (χ3n) is 3.85. The zero-order valence-electron chi connectivity index (χ0n) is 13.1. The van der Waals surface area contributed by atoms with Crippen molar-refractivity contribution < 1.29 is 13.5 Å². The number of nitrogens with zero attached hydrogens (tertiary/aromatic N) is 4. The van der Waals surface area contributed by atoms with Crippen LogP contribution >= 0.6 is 0 Å². The van der Waals surface area contributed by atoms with Crippen LogP contribution in [0.15, 0.2) is 54.9 Å². The summed E-state index contributed by atoms with van der Waals surface area (Å²) in [6.07, 6.45) is 1.33. The normalized spacial score (nSPS) is 11.0. The Labute approximate surface area is 141 Å².